The molecule has 0 radical (unpaired) electrons. The second-order valence-electron chi connectivity index (χ2n) is 10.3. The van der Waals surface area contributed by atoms with Gasteiger partial charge in [-0.2, -0.15) is 0 Å². The van der Waals surface area contributed by atoms with E-state index in [4.69, 9.17) is 18.9 Å². The molecule has 2 aliphatic rings. The first-order valence-electron chi connectivity index (χ1n) is 15.1. The van der Waals surface area contributed by atoms with E-state index in [9.17, 15) is 9.59 Å². The third kappa shape index (κ3) is 11.6. The topological polar surface area (TPSA) is 102 Å². The number of alkyl carbamates (subject to hydrolysis) is 2. The van der Waals surface area contributed by atoms with Crippen molar-refractivity contribution in [2.75, 3.05) is 65.7 Å². The summed E-state index contributed by atoms with van der Waals surface area (Å²) in [5, 5.41) is 5.65. The van der Waals surface area contributed by atoms with Gasteiger partial charge in [0.15, 0.2) is 0 Å². The van der Waals surface area contributed by atoms with Gasteiger partial charge in [0.05, 0.1) is 13.2 Å². The minimum absolute atomic E-state index is 0.144. The van der Waals surface area contributed by atoms with Crippen LogP contribution in [0.1, 0.15) is 79.1 Å². The van der Waals surface area contributed by atoms with Crippen LogP contribution in [0, 0.1) is 11.8 Å². The van der Waals surface area contributed by atoms with Crippen LogP contribution in [-0.4, -0.2) is 100 Å². The van der Waals surface area contributed by atoms with Gasteiger partial charge in [-0.15, -0.1) is 0 Å². The Morgan fingerprint density at radius 3 is 1.47 bits per heavy atom. The van der Waals surface area contributed by atoms with Crippen molar-refractivity contribution in [2.24, 2.45) is 11.8 Å². The van der Waals surface area contributed by atoms with E-state index in [1.165, 1.54) is 0 Å². The summed E-state index contributed by atoms with van der Waals surface area (Å²) in [5.74, 6) is 1.05. The predicted octanol–water partition coefficient (Wildman–Crippen LogP) is 4.19. The number of nitrogens with one attached hydrogen (secondary N) is 2. The molecule has 0 aromatic rings. The van der Waals surface area contributed by atoms with Gasteiger partial charge in [-0.3, -0.25) is 9.80 Å². The SMILES string of the molecule is CCC(CC)C1OCCN1CCOC(=O)NCCCCCCNC(=O)OCCN1CCOC1C(CC)CC. The Kier molecular flexibility index (Phi) is 16.7. The van der Waals surface area contributed by atoms with Gasteiger partial charge in [0.1, 0.15) is 25.7 Å². The summed E-state index contributed by atoms with van der Waals surface area (Å²) in [4.78, 5) is 28.5. The van der Waals surface area contributed by atoms with Crippen molar-refractivity contribution in [3.05, 3.63) is 0 Å². The zero-order valence-corrected chi connectivity index (χ0v) is 24.4. The Labute approximate surface area is 230 Å². The average Bonchev–Trinajstić information content (AvgIpc) is 3.57. The fraction of sp³-hybridized carbons (Fsp3) is 0.929. The first kappa shape index (κ1) is 32.6. The Morgan fingerprint density at radius 2 is 1.11 bits per heavy atom. The molecule has 0 bridgehead atoms. The van der Waals surface area contributed by atoms with Gasteiger partial charge >= 0.3 is 12.2 Å². The summed E-state index contributed by atoms with van der Waals surface area (Å²) in [7, 11) is 0. The zero-order valence-electron chi connectivity index (χ0n) is 24.4. The number of carbonyl (C=O) groups is 2. The molecule has 10 heteroatoms. The molecule has 0 spiro atoms. The number of amides is 2. The van der Waals surface area contributed by atoms with E-state index >= 15 is 0 Å². The number of rotatable bonds is 19. The molecule has 2 rings (SSSR count). The maximum atomic E-state index is 12.0. The molecule has 0 saturated carbocycles. The minimum Gasteiger partial charge on any atom is -0.448 e. The molecule has 38 heavy (non-hydrogen) atoms. The van der Waals surface area contributed by atoms with E-state index < -0.39 is 0 Å². The molecule has 2 saturated heterocycles. The van der Waals surface area contributed by atoms with E-state index in [-0.39, 0.29) is 24.6 Å². The second kappa shape index (κ2) is 19.4. The van der Waals surface area contributed by atoms with Crippen LogP contribution in [0.5, 0.6) is 0 Å². The Bertz CT molecular complexity index is 593. The Balaban J connectivity index is 1.41. The lowest BCUT2D eigenvalue weighted by atomic mass is 10.0. The summed E-state index contributed by atoms with van der Waals surface area (Å²) >= 11 is 0. The molecule has 0 aromatic carbocycles. The number of carbonyl (C=O) groups excluding carboxylic acids is 2. The number of unbranched alkanes of at least 4 members (excludes halogenated alkanes) is 3. The fourth-order valence-corrected chi connectivity index (χ4v) is 5.37. The van der Waals surface area contributed by atoms with E-state index in [1.54, 1.807) is 0 Å². The first-order chi connectivity index (χ1) is 18.5. The van der Waals surface area contributed by atoms with Crippen LogP contribution in [0.4, 0.5) is 9.59 Å². The van der Waals surface area contributed by atoms with Crippen LogP contribution in [0.2, 0.25) is 0 Å². The molecule has 2 N–H and O–H groups in total. The lowest BCUT2D eigenvalue weighted by molar-refractivity contribution is -0.0218. The van der Waals surface area contributed by atoms with Crippen molar-refractivity contribution in [2.45, 2.75) is 91.5 Å². The Morgan fingerprint density at radius 1 is 0.711 bits per heavy atom. The number of hydrogen-bond acceptors (Lipinski definition) is 8. The minimum atomic E-state index is -0.361. The Hall–Kier alpha value is -1.62. The summed E-state index contributed by atoms with van der Waals surface area (Å²) in [6, 6.07) is 0. The largest absolute Gasteiger partial charge is 0.448 e. The molecule has 2 amide bonds. The summed E-state index contributed by atoms with van der Waals surface area (Å²) in [6.07, 6.45) is 7.64. The van der Waals surface area contributed by atoms with Gasteiger partial charge in [-0.25, -0.2) is 9.59 Å². The van der Waals surface area contributed by atoms with Gasteiger partial charge in [0.2, 0.25) is 0 Å². The molecule has 2 aliphatic heterocycles. The molecular formula is C28H54N4O6. The van der Waals surface area contributed by atoms with Crippen molar-refractivity contribution in [3.8, 4) is 0 Å². The molecule has 2 fully saturated rings. The van der Waals surface area contributed by atoms with Crippen LogP contribution in [-0.2, 0) is 18.9 Å². The fourth-order valence-electron chi connectivity index (χ4n) is 5.37. The van der Waals surface area contributed by atoms with E-state index in [1.807, 2.05) is 0 Å². The highest BCUT2D eigenvalue weighted by Crippen LogP contribution is 2.24. The molecule has 10 nitrogen and oxygen atoms in total. The van der Waals surface area contributed by atoms with E-state index in [0.717, 1.165) is 77.7 Å². The van der Waals surface area contributed by atoms with E-state index in [2.05, 4.69) is 48.1 Å². The van der Waals surface area contributed by atoms with Crippen molar-refractivity contribution in [3.63, 3.8) is 0 Å². The molecule has 222 valence electrons. The molecule has 0 aliphatic carbocycles. The van der Waals surface area contributed by atoms with Crippen LogP contribution in [0.3, 0.4) is 0 Å². The highest BCUT2D eigenvalue weighted by Gasteiger charge is 2.31. The van der Waals surface area contributed by atoms with Crippen molar-refractivity contribution in [1.29, 1.82) is 0 Å². The lowest BCUT2D eigenvalue weighted by Crippen LogP contribution is -2.39. The molecule has 2 heterocycles. The van der Waals surface area contributed by atoms with Crippen molar-refractivity contribution in [1.82, 2.24) is 20.4 Å². The van der Waals surface area contributed by atoms with Crippen LogP contribution in [0.25, 0.3) is 0 Å². The van der Waals surface area contributed by atoms with Crippen LogP contribution >= 0.6 is 0 Å². The zero-order chi connectivity index (χ0) is 27.6. The van der Waals surface area contributed by atoms with Gasteiger partial charge in [-0.1, -0.05) is 40.5 Å². The van der Waals surface area contributed by atoms with Gasteiger partial charge in [-0.05, 0) is 50.4 Å². The third-order valence-electron chi connectivity index (χ3n) is 7.82. The lowest BCUT2D eigenvalue weighted by Gasteiger charge is -2.28. The quantitative estimate of drug-likeness (QED) is 0.234. The monoisotopic (exact) mass is 542 g/mol. The van der Waals surface area contributed by atoms with Crippen LogP contribution in [0.15, 0.2) is 0 Å². The average molecular weight is 543 g/mol. The van der Waals surface area contributed by atoms with Crippen LogP contribution < -0.4 is 10.6 Å². The number of ether oxygens (including phenoxy) is 4. The predicted molar refractivity (Wildman–Crippen MR) is 148 cm³/mol. The molecule has 2 atom stereocenters. The summed E-state index contributed by atoms with van der Waals surface area (Å²) in [5.41, 5.74) is 0. The van der Waals surface area contributed by atoms with Gasteiger partial charge < -0.3 is 29.6 Å². The number of hydrogen-bond donors (Lipinski definition) is 2. The summed E-state index contributed by atoms with van der Waals surface area (Å²) in [6.45, 7) is 15.4. The van der Waals surface area contributed by atoms with Crippen molar-refractivity contribution >= 4 is 12.2 Å². The number of nitrogens with zero attached hydrogens (tertiary/aromatic N) is 2. The highest BCUT2D eigenvalue weighted by atomic mass is 16.6. The maximum Gasteiger partial charge on any atom is 0.407 e. The van der Waals surface area contributed by atoms with Gasteiger partial charge in [0, 0.05) is 39.3 Å². The third-order valence-corrected chi connectivity index (χ3v) is 7.82. The molecule has 2 unspecified atom stereocenters. The molecule has 0 aromatic heterocycles. The maximum absolute atomic E-state index is 12.0. The standard InChI is InChI=1S/C28H54N4O6/c1-5-23(6-2)25-31(15-19-35-25)17-21-37-27(33)29-13-11-9-10-12-14-30-28(34)38-22-18-32-16-20-36-26(32)24(7-3)8-4/h23-26H,5-22H2,1-4H3,(H,29,33)(H,30,34). The van der Waals surface area contributed by atoms with Crippen molar-refractivity contribution < 1.29 is 28.5 Å². The molecular weight excluding hydrogens is 488 g/mol. The smallest absolute Gasteiger partial charge is 0.407 e. The highest BCUT2D eigenvalue weighted by molar-refractivity contribution is 5.67. The normalized spacial score (nSPS) is 20.4. The summed E-state index contributed by atoms with van der Waals surface area (Å²) < 4.78 is 22.5. The second-order valence-corrected chi connectivity index (χ2v) is 10.3. The van der Waals surface area contributed by atoms with Gasteiger partial charge in [0.25, 0.3) is 0 Å². The van der Waals surface area contributed by atoms with E-state index in [0.29, 0.717) is 51.2 Å². The first-order valence-corrected chi connectivity index (χ1v) is 15.1.